The second-order valence-electron chi connectivity index (χ2n) is 4.38. The standard InChI is InChI=1S/C17H13ClN2O2/c1-22-14-8-6-12(7-9-14)10-13(11-19)17(21)20-16-5-3-2-4-15(16)18/h2-10H,1H3,(H,20,21)/b13-10+. The van der Waals surface area contributed by atoms with Crippen molar-refractivity contribution in [2.75, 3.05) is 12.4 Å². The van der Waals surface area contributed by atoms with E-state index in [4.69, 9.17) is 21.6 Å². The summed E-state index contributed by atoms with van der Waals surface area (Å²) in [6, 6.07) is 15.8. The molecule has 22 heavy (non-hydrogen) atoms. The number of methoxy groups -OCH3 is 1. The van der Waals surface area contributed by atoms with E-state index in [0.29, 0.717) is 16.5 Å². The minimum Gasteiger partial charge on any atom is -0.497 e. The fourth-order valence-corrected chi connectivity index (χ4v) is 1.95. The topological polar surface area (TPSA) is 62.1 Å². The van der Waals surface area contributed by atoms with E-state index >= 15 is 0 Å². The molecule has 0 aliphatic carbocycles. The number of benzene rings is 2. The number of amides is 1. The van der Waals surface area contributed by atoms with Gasteiger partial charge in [0.1, 0.15) is 17.4 Å². The van der Waals surface area contributed by atoms with Crippen LogP contribution in [-0.4, -0.2) is 13.0 Å². The molecule has 0 unspecified atom stereocenters. The lowest BCUT2D eigenvalue weighted by molar-refractivity contribution is -0.112. The van der Waals surface area contributed by atoms with E-state index in [0.717, 1.165) is 5.56 Å². The number of ether oxygens (including phenoxy) is 1. The fraction of sp³-hybridized carbons (Fsp3) is 0.0588. The van der Waals surface area contributed by atoms with Gasteiger partial charge in [0.2, 0.25) is 0 Å². The van der Waals surface area contributed by atoms with Crippen molar-refractivity contribution in [1.29, 1.82) is 5.26 Å². The van der Waals surface area contributed by atoms with Crippen LogP contribution in [0.3, 0.4) is 0 Å². The Balaban J connectivity index is 2.20. The highest BCUT2D eigenvalue weighted by molar-refractivity contribution is 6.34. The maximum atomic E-state index is 12.1. The van der Waals surface area contributed by atoms with Crippen molar-refractivity contribution >= 4 is 29.3 Å². The molecular formula is C17H13ClN2O2. The van der Waals surface area contributed by atoms with Gasteiger partial charge < -0.3 is 10.1 Å². The van der Waals surface area contributed by atoms with Crippen LogP contribution in [0.5, 0.6) is 5.75 Å². The first kappa shape index (κ1) is 15.6. The van der Waals surface area contributed by atoms with Crippen molar-refractivity contribution in [3.63, 3.8) is 0 Å². The maximum Gasteiger partial charge on any atom is 0.266 e. The van der Waals surface area contributed by atoms with Crippen LogP contribution in [-0.2, 0) is 4.79 Å². The maximum absolute atomic E-state index is 12.1. The van der Waals surface area contributed by atoms with Crippen molar-refractivity contribution in [2.45, 2.75) is 0 Å². The Hall–Kier alpha value is -2.77. The lowest BCUT2D eigenvalue weighted by Gasteiger charge is -2.06. The monoisotopic (exact) mass is 312 g/mol. The van der Waals surface area contributed by atoms with Gasteiger partial charge in [0.25, 0.3) is 5.91 Å². The van der Waals surface area contributed by atoms with Gasteiger partial charge in [-0.15, -0.1) is 0 Å². The number of para-hydroxylation sites is 1. The first-order chi connectivity index (χ1) is 10.6. The summed E-state index contributed by atoms with van der Waals surface area (Å²) in [4.78, 5) is 12.1. The highest BCUT2D eigenvalue weighted by Crippen LogP contribution is 2.21. The minimum atomic E-state index is -0.508. The van der Waals surface area contributed by atoms with Crippen LogP contribution in [0.4, 0.5) is 5.69 Å². The predicted octanol–water partition coefficient (Wildman–Crippen LogP) is 3.89. The molecule has 0 bridgehead atoms. The van der Waals surface area contributed by atoms with Gasteiger partial charge in [0, 0.05) is 0 Å². The molecule has 0 aliphatic rings. The van der Waals surface area contributed by atoms with Crippen molar-refractivity contribution in [3.8, 4) is 11.8 Å². The Morgan fingerprint density at radius 1 is 1.23 bits per heavy atom. The van der Waals surface area contributed by atoms with Gasteiger partial charge in [0.15, 0.2) is 0 Å². The number of halogens is 1. The Morgan fingerprint density at radius 2 is 1.91 bits per heavy atom. The number of carbonyl (C=O) groups excluding carboxylic acids is 1. The zero-order valence-corrected chi connectivity index (χ0v) is 12.6. The Bertz CT molecular complexity index is 746. The van der Waals surface area contributed by atoms with Crippen LogP contribution in [0.15, 0.2) is 54.1 Å². The normalized spacial score (nSPS) is 10.7. The van der Waals surface area contributed by atoms with Crippen LogP contribution in [0, 0.1) is 11.3 Å². The minimum absolute atomic E-state index is 0.00918. The number of nitrogens with zero attached hydrogens (tertiary/aromatic N) is 1. The third-order valence-corrected chi connectivity index (χ3v) is 3.24. The highest BCUT2D eigenvalue weighted by Gasteiger charge is 2.11. The molecule has 0 heterocycles. The van der Waals surface area contributed by atoms with E-state index in [-0.39, 0.29) is 5.57 Å². The molecule has 5 heteroatoms. The molecule has 0 atom stereocenters. The Labute approximate surface area is 133 Å². The van der Waals surface area contributed by atoms with E-state index in [9.17, 15) is 4.79 Å². The Kier molecular flexibility index (Phi) is 5.18. The SMILES string of the molecule is COc1ccc(/C=C(\C#N)C(=O)Nc2ccccc2Cl)cc1. The summed E-state index contributed by atoms with van der Waals surface area (Å²) in [7, 11) is 1.57. The molecule has 0 radical (unpaired) electrons. The van der Waals surface area contributed by atoms with Gasteiger partial charge in [-0.3, -0.25) is 4.79 Å². The molecule has 2 aromatic carbocycles. The molecule has 0 fully saturated rings. The number of hydrogen-bond acceptors (Lipinski definition) is 3. The molecule has 110 valence electrons. The molecule has 0 aliphatic heterocycles. The second kappa shape index (κ2) is 7.30. The summed E-state index contributed by atoms with van der Waals surface area (Å²) in [5.41, 5.74) is 1.18. The molecule has 2 rings (SSSR count). The number of nitrogens with one attached hydrogen (secondary N) is 1. The Morgan fingerprint density at radius 3 is 2.50 bits per heavy atom. The second-order valence-corrected chi connectivity index (χ2v) is 4.78. The fourth-order valence-electron chi connectivity index (χ4n) is 1.77. The average molecular weight is 313 g/mol. The van der Waals surface area contributed by atoms with Gasteiger partial charge >= 0.3 is 0 Å². The van der Waals surface area contributed by atoms with Gasteiger partial charge in [-0.2, -0.15) is 5.26 Å². The van der Waals surface area contributed by atoms with Crippen LogP contribution in [0.25, 0.3) is 6.08 Å². The average Bonchev–Trinajstić information content (AvgIpc) is 2.55. The van der Waals surface area contributed by atoms with E-state index in [1.54, 1.807) is 55.6 Å². The highest BCUT2D eigenvalue weighted by atomic mass is 35.5. The van der Waals surface area contributed by atoms with Gasteiger partial charge in [-0.25, -0.2) is 0 Å². The van der Waals surface area contributed by atoms with E-state index in [1.165, 1.54) is 6.08 Å². The number of nitriles is 1. The molecule has 1 N–H and O–H groups in total. The summed E-state index contributed by atoms with van der Waals surface area (Å²) in [6.07, 6.45) is 1.51. The largest absolute Gasteiger partial charge is 0.497 e. The summed E-state index contributed by atoms with van der Waals surface area (Å²) in [5, 5.41) is 12.2. The number of anilines is 1. The zero-order valence-electron chi connectivity index (χ0n) is 11.8. The lowest BCUT2D eigenvalue weighted by atomic mass is 10.1. The molecule has 0 aromatic heterocycles. The van der Waals surface area contributed by atoms with Crippen LogP contribution in [0.1, 0.15) is 5.56 Å². The zero-order chi connectivity index (χ0) is 15.9. The first-order valence-electron chi connectivity index (χ1n) is 6.46. The summed E-state index contributed by atoms with van der Waals surface area (Å²) in [5.74, 6) is 0.197. The van der Waals surface area contributed by atoms with Gasteiger partial charge in [-0.1, -0.05) is 35.9 Å². The van der Waals surface area contributed by atoms with Crippen molar-refractivity contribution < 1.29 is 9.53 Å². The molecule has 4 nitrogen and oxygen atoms in total. The number of rotatable bonds is 4. The summed E-state index contributed by atoms with van der Waals surface area (Å²) in [6.45, 7) is 0. The predicted molar refractivity (Wildman–Crippen MR) is 86.7 cm³/mol. The molecule has 1 amide bonds. The van der Waals surface area contributed by atoms with Crippen LogP contribution in [0.2, 0.25) is 5.02 Å². The van der Waals surface area contributed by atoms with Gasteiger partial charge in [-0.05, 0) is 35.9 Å². The summed E-state index contributed by atoms with van der Waals surface area (Å²) >= 11 is 5.98. The third-order valence-electron chi connectivity index (χ3n) is 2.91. The van der Waals surface area contributed by atoms with Crippen molar-refractivity contribution in [3.05, 3.63) is 64.7 Å². The van der Waals surface area contributed by atoms with Gasteiger partial charge in [0.05, 0.1) is 17.8 Å². The van der Waals surface area contributed by atoms with E-state index in [2.05, 4.69) is 5.32 Å². The van der Waals surface area contributed by atoms with E-state index < -0.39 is 5.91 Å². The molecule has 2 aromatic rings. The number of carbonyl (C=O) groups is 1. The molecule has 0 saturated carbocycles. The first-order valence-corrected chi connectivity index (χ1v) is 6.83. The van der Waals surface area contributed by atoms with Crippen LogP contribution >= 0.6 is 11.6 Å². The van der Waals surface area contributed by atoms with Crippen LogP contribution < -0.4 is 10.1 Å². The van der Waals surface area contributed by atoms with Crippen molar-refractivity contribution in [2.24, 2.45) is 0 Å². The smallest absolute Gasteiger partial charge is 0.266 e. The van der Waals surface area contributed by atoms with Crippen molar-refractivity contribution in [1.82, 2.24) is 0 Å². The third kappa shape index (κ3) is 3.87. The molecular weight excluding hydrogens is 300 g/mol. The molecule has 0 saturated heterocycles. The van der Waals surface area contributed by atoms with E-state index in [1.807, 2.05) is 6.07 Å². The lowest BCUT2D eigenvalue weighted by Crippen LogP contribution is -2.13. The number of hydrogen-bond donors (Lipinski definition) is 1. The quantitative estimate of drug-likeness (QED) is 0.688. The summed E-state index contributed by atoms with van der Waals surface area (Å²) < 4.78 is 5.06. The molecule has 0 spiro atoms.